The molecule has 2 rings (SSSR count). The summed E-state index contributed by atoms with van der Waals surface area (Å²) in [4.78, 5) is 33.6. The quantitative estimate of drug-likeness (QED) is 0.718. The lowest BCUT2D eigenvalue weighted by molar-refractivity contribution is -0.128. The first-order chi connectivity index (χ1) is 8.58. The number of nitrogens with zero attached hydrogens (tertiary/aromatic N) is 1. The van der Waals surface area contributed by atoms with E-state index in [0.717, 1.165) is 0 Å². The molecule has 0 saturated carbocycles. The average Bonchev–Trinajstić information content (AvgIpc) is 2.64. The van der Waals surface area contributed by atoms with Crippen LogP contribution in [0.15, 0.2) is 33.5 Å². The van der Waals surface area contributed by atoms with Gasteiger partial charge in [0.15, 0.2) is 5.58 Å². The molecule has 94 valence electrons. The molecule has 0 saturated heterocycles. The Hall–Kier alpha value is -2.57. The number of aromatic nitrogens is 1. The van der Waals surface area contributed by atoms with Gasteiger partial charge in [0.25, 0.3) is 5.91 Å². The van der Waals surface area contributed by atoms with Crippen molar-refractivity contribution in [3.63, 3.8) is 0 Å². The third-order valence-electron chi connectivity index (χ3n) is 2.25. The van der Waals surface area contributed by atoms with Gasteiger partial charge in [0.05, 0.1) is 5.52 Å². The van der Waals surface area contributed by atoms with Crippen molar-refractivity contribution < 1.29 is 14.0 Å². The van der Waals surface area contributed by atoms with Crippen molar-refractivity contribution in [1.82, 2.24) is 15.4 Å². The van der Waals surface area contributed by atoms with Crippen molar-refractivity contribution in [2.24, 2.45) is 0 Å². The zero-order valence-corrected chi connectivity index (χ0v) is 9.60. The molecule has 0 atom stereocenters. The number of amides is 2. The van der Waals surface area contributed by atoms with Gasteiger partial charge in [-0.25, -0.2) is 4.79 Å². The average molecular weight is 249 g/mol. The first kappa shape index (κ1) is 11.9. The zero-order chi connectivity index (χ0) is 13.1. The third kappa shape index (κ3) is 2.40. The largest absolute Gasteiger partial charge is 0.420 e. The van der Waals surface area contributed by atoms with Crippen molar-refractivity contribution >= 4 is 22.9 Å². The number of hydrogen-bond acceptors (Lipinski definition) is 4. The lowest BCUT2D eigenvalue weighted by Gasteiger charge is -2.05. The Labute approximate surface area is 101 Å². The number of carbonyl (C=O) groups excluding carboxylic acids is 2. The second-order valence-corrected chi connectivity index (χ2v) is 3.65. The van der Waals surface area contributed by atoms with Crippen LogP contribution < -0.4 is 16.6 Å². The van der Waals surface area contributed by atoms with Crippen LogP contribution in [0, 0.1) is 0 Å². The highest BCUT2D eigenvalue weighted by Gasteiger charge is 2.11. The Balaban J connectivity index is 2.21. The Morgan fingerprint density at radius 3 is 2.72 bits per heavy atom. The predicted octanol–water partition coefficient (Wildman–Crippen LogP) is -0.238. The molecule has 0 spiro atoms. The minimum atomic E-state index is -0.617. The molecule has 0 aliphatic carbocycles. The first-order valence-corrected chi connectivity index (χ1v) is 5.21. The van der Waals surface area contributed by atoms with Crippen LogP contribution in [0.25, 0.3) is 11.1 Å². The van der Waals surface area contributed by atoms with Crippen LogP contribution in [0.3, 0.4) is 0 Å². The van der Waals surface area contributed by atoms with Crippen molar-refractivity contribution in [3.8, 4) is 0 Å². The summed E-state index contributed by atoms with van der Waals surface area (Å²) in [7, 11) is 0. The molecule has 1 aromatic heterocycles. The fraction of sp³-hybridized carbons (Fsp3) is 0.182. The van der Waals surface area contributed by atoms with Gasteiger partial charge in [-0.05, 0) is 12.1 Å². The Morgan fingerprint density at radius 1 is 1.28 bits per heavy atom. The van der Waals surface area contributed by atoms with E-state index >= 15 is 0 Å². The number of fused-ring (bicyclic) bond motifs is 1. The fourth-order valence-corrected chi connectivity index (χ4v) is 1.50. The van der Waals surface area contributed by atoms with Gasteiger partial charge < -0.3 is 4.42 Å². The number of nitrogens with one attached hydrogen (secondary N) is 2. The Morgan fingerprint density at radius 2 is 2.00 bits per heavy atom. The van der Waals surface area contributed by atoms with E-state index < -0.39 is 17.6 Å². The van der Waals surface area contributed by atoms with E-state index in [1.807, 2.05) is 0 Å². The number of benzene rings is 1. The highest BCUT2D eigenvalue weighted by atomic mass is 16.4. The summed E-state index contributed by atoms with van der Waals surface area (Å²) >= 11 is 0. The molecule has 0 fully saturated rings. The normalized spacial score (nSPS) is 10.3. The standard InChI is InChI=1S/C11H11N3O4/c1-7(15)12-13-10(16)6-14-8-4-2-3-5-9(8)18-11(14)17/h2-5H,6H2,1H3,(H,12,15)(H,13,16). The van der Waals surface area contributed by atoms with Crippen LogP contribution in [0.1, 0.15) is 6.92 Å². The fourth-order valence-electron chi connectivity index (χ4n) is 1.50. The van der Waals surface area contributed by atoms with Crippen molar-refractivity contribution in [3.05, 3.63) is 34.8 Å². The van der Waals surface area contributed by atoms with Gasteiger partial charge in [0.1, 0.15) is 6.54 Å². The highest BCUT2D eigenvalue weighted by molar-refractivity contribution is 5.82. The molecule has 1 heterocycles. The SMILES string of the molecule is CC(=O)NNC(=O)Cn1c(=O)oc2ccccc21. The van der Waals surface area contributed by atoms with Gasteiger partial charge in [-0.1, -0.05) is 12.1 Å². The zero-order valence-electron chi connectivity index (χ0n) is 9.60. The Bertz CT molecular complexity index is 656. The second kappa shape index (κ2) is 4.74. The van der Waals surface area contributed by atoms with Gasteiger partial charge in [0, 0.05) is 6.92 Å². The molecule has 0 unspecified atom stereocenters. The summed E-state index contributed by atoms with van der Waals surface area (Å²) in [5.74, 6) is -1.53. The topological polar surface area (TPSA) is 93.3 Å². The van der Waals surface area contributed by atoms with Crippen LogP contribution in [-0.4, -0.2) is 16.4 Å². The Kier molecular flexibility index (Phi) is 3.13. The van der Waals surface area contributed by atoms with Gasteiger partial charge in [-0.15, -0.1) is 0 Å². The summed E-state index contributed by atoms with van der Waals surface area (Å²) in [6.07, 6.45) is 0. The maximum Gasteiger partial charge on any atom is 0.420 e. The molecule has 7 nitrogen and oxygen atoms in total. The highest BCUT2D eigenvalue weighted by Crippen LogP contribution is 2.11. The number of hydrazine groups is 1. The lowest BCUT2D eigenvalue weighted by atomic mass is 10.3. The molecule has 7 heteroatoms. The van der Waals surface area contributed by atoms with E-state index in [1.165, 1.54) is 11.5 Å². The molecule has 18 heavy (non-hydrogen) atoms. The van der Waals surface area contributed by atoms with Crippen LogP contribution in [0.4, 0.5) is 0 Å². The summed E-state index contributed by atoms with van der Waals surface area (Å²) < 4.78 is 6.15. The second-order valence-electron chi connectivity index (χ2n) is 3.65. The first-order valence-electron chi connectivity index (χ1n) is 5.21. The molecule has 2 aromatic rings. The molecular weight excluding hydrogens is 238 g/mol. The number of para-hydroxylation sites is 2. The minimum Gasteiger partial charge on any atom is -0.408 e. The van der Waals surface area contributed by atoms with Crippen LogP contribution in [0.2, 0.25) is 0 Å². The van der Waals surface area contributed by atoms with E-state index in [-0.39, 0.29) is 6.54 Å². The van der Waals surface area contributed by atoms with Gasteiger partial charge in [-0.2, -0.15) is 0 Å². The van der Waals surface area contributed by atoms with E-state index in [4.69, 9.17) is 4.42 Å². The summed E-state index contributed by atoms with van der Waals surface area (Å²) in [5.41, 5.74) is 5.25. The molecule has 2 N–H and O–H groups in total. The summed E-state index contributed by atoms with van der Waals surface area (Å²) in [5, 5.41) is 0. The molecule has 0 bridgehead atoms. The maximum atomic E-state index is 11.5. The maximum absolute atomic E-state index is 11.5. The molecular formula is C11H11N3O4. The monoisotopic (exact) mass is 249 g/mol. The van der Waals surface area contributed by atoms with Gasteiger partial charge in [-0.3, -0.25) is 25.0 Å². The van der Waals surface area contributed by atoms with E-state index in [2.05, 4.69) is 10.9 Å². The number of rotatable bonds is 2. The predicted molar refractivity (Wildman–Crippen MR) is 62.4 cm³/mol. The lowest BCUT2D eigenvalue weighted by Crippen LogP contribution is -2.42. The molecule has 0 aliphatic rings. The van der Waals surface area contributed by atoms with E-state index in [0.29, 0.717) is 11.1 Å². The van der Waals surface area contributed by atoms with Crippen molar-refractivity contribution in [1.29, 1.82) is 0 Å². The molecule has 0 aliphatic heterocycles. The molecule has 0 radical (unpaired) electrons. The van der Waals surface area contributed by atoms with E-state index in [1.54, 1.807) is 24.3 Å². The summed E-state index contributed by atoms with van der Waals surface area (Å²) in [6, 6.07) is 6.78. The van der Waals surface area contributed by atoms with Gasteiger partial charge in [0.2, 0.25) is 5.91 Å². The number of oxazole rings is 1. The summed E-state index contributed by atoms with van der Waals surface area (Å²) in [6.45, 7) is 1.04. The third-order valence-corrected chi connectivity index (χ3v) is 2.25. The van der Waals surface area contributed by atoms with E-state index in [9.17, 15) is 14.4 Å². The molecule has 1 aromatic carbocycles. The van der Waals surface area contributed by atoms with Crippen LogP contribution in [0.5, 0.6) is 0 Å². The van der Waals surface area contributed by atoms with Crippen LogP contribution >= 0.6 is 0 Å². The number of hydrogen-bond donors (Lipinski definition) is 2. The molecule has 2 amide bonds. The van der Waals surface area contributed by atoms with Crippen molar-refractivity contribution in [2.45, 2.75) is 13.5 Å². The number of carbonyl (C=O) groups is 2. The van der Waals surface area contributed by atoms with Crippen LogP contribution in [-0.2, 0) is 16.1 Å². The van der Waals surface area contributed by atoms with Crippen molar-refractivity contribution in [2.75, 3.05) is 0 Å². The van der Waals surface area contributed by atoms with Gasteiger partial charge >= 0.3 is 5.76 Å². The minimum absolute atomic E-state index is 0.226. The smallest absolute Gasteiger partial charge is 0.408 e.